The van der Waals surface area contributed by atoms with Crippen LogP contribution in [0.25, 0.3) is 10.9 Å². The van der Waals surface area contributed by atoms with Crippen LogP contribution in [-0.2, 0) is 6.54 Å². The van der Waals surface area contributed by atoms with Crippen LogP contribution in [0, 0.1) is 11.6 Å². The fourth-order valence-electron chi connectivity index (χ4n) is 2.70. The number of aromatic nitrogens is 2. The zero-order chi connectivity index (χ0) is 17.8. The Morgan fingerprint density at radius 2 is 1.72 bits per heavy atom. The van der Waals surface area contributed by atoms with Gasteiger partial charge in [-0.25, -0.2) is 18.7 Å². The number of likely N-dealkylation sites (N-methyl/N-ethyl adjacent to an activating group) is 1. The number of hydrogen-bond acceptors (Lipinski definition) is 4. The summed E-state index contributed by atoms with van der Waals surface area (Å²) in [6.45, 7) is 1.94. The summed E-state index contributed by atoms with van der Waals surface area (Å²) < 4.78 is 27.3. The summed E-state index contributed by atoms with van der Waals surface area (Å²) in [6.07, 6.45) is 1.48. The molecule has 0 fully saturated rings. The first-order valence-corrected chi connectivity index (χ1v) is 8.07. The van der Waals surface area contributed by atoms with E-state index in [2.05, 4.69) is 14.9 Å². The highest BCUT2D eigenvalue weighted by Gasteiger charge is 2.14. The van der Waals surface area contributed by atoms with Crippen molar-refractivity contribution in [2.24, 2.45) is 0 Å². The van der Waals surface area contributed by atoms with Gasteiger partial charge < -0.3 is 9.80 Å². The molecule has 0 amide bonds. The molecule has 0 N–H and O–H groups in total. The molecule has 0 radical (unpaired) electrons. The third-order valence-electron chi connectivity index (χ3n) is 3.96. The zero-order valence-electron chi connectivity index (χ0n) is 14.3. The molecule has 0 aliphatic rings. The fourth-order valence-corrected chi connectivity index (χ4v) is 2.70. The van der Waals surface area contributed by atoms with Crippen LogP contribution in [0.1, 0.15) is 5.56 Å². The van der Waals surface area contributed by atoms with Gasteiger partial charge in [0.15, 0.2) is 0 Å². The molecule has 0 saturated carbocycles. The van der Waals surface area contributed by atoms with E-state index in [-0.39, 0.29) is 11.6 Å². The molecule has 0 bridgehead atoms. The van der Waals surface area contributed by atoms with Crippen molar-refractivity contribution >= 4 is 16.7 Å². The van der Waals surface area contributed by atoms with Crippen LogP contribution in [0.3, 0.4) is 0 Å². The number of anilines is 1. The van der Waals surface area contributed by atoms with Crippen LogP contribution < -0.4 is 4.90 Å². The lowest BCUT2D eigenvalue weighted by molar-refractivity contribution is 0.412. The monoisotopic (exact) mass is 342 g/mol. The summed E-state index contributed by atoms with van der Waals surface area (Å²) in [7, 11) is 3.97. The van der Waals surface area contributed by atoms with E-state index < -0.39 is 0 Å². The second kappa shape index (κ2) is 7.53. The molecule has 0 aliphatic heterocycles. The van der Waals surface area contributed by atoms with Gasteiger partial charge in [-0.3, -0.25) is 0 Å². The van der Waals surface area contributed by atoms with Gasteiger partial charge in [0.25, 0.3) is 0 Å². The Labute approximate surface area is 145 Å². The Balaban J connectivity index is 2.00. The van der Waals surface area contributed by atoms with Gasteiger partial charge >= 0.3 is 0 Å². The molecule has 3 aromatic rings. The quantitative estimate of drug-likeness (QED) is 0.687. The van der Waals surface area contributed by atoms with Crippen molar-refractivity contribution in [3.8, 4) is 0 Å². The number of nitrogens with zero attached hydrogens (tertiary/aromatic N) is 4. The van der Waals surface area contributed by atoms with Crippen LogP contribution in [0.5, 0.6) is 0 Å². The second-order valence-corrected chi connectivity index (χ2v) is 6.21. The largest absolute Gasteiger partial charge is 0.350 e. The third-order valence-corrected chi connectivity index (χ3v) is 3.96. The fraction of sp³-hybridized carbons (Fsp3) is 0.263. The van der Waals surface area contributed by atoms with Gasteiger partial charge in [-0.05, 0) is 50.0 Å². The number of rotatable bonds is 6. The van der Waals surface area contributed by atoms with Crippen LogP contribution in [-0.4, -0.2) is 42.1 Å². The molecular weight excluding hydrogens is 322 g/mol. The Morgan fingerprint density at radius 1 is 0.920 bits per heavy atom. The van der Waals surface area contributed by atoms with Crippen molar-refractivity contribution in [1.82, 2.24) is 14.9 Å². The highest BCUT2D eigenvalue weighted by molar-refractivity contribution is 5.89. The summed E-state index contributed by atoms with van der Waals surface area (Å²) in [6, 6.07) is 11.0. The Kier molecular flexibility index (Phi) is 5.19. The number of halogens is 2. The highest BCUT2D eigenvalue weighted by atomic mass is 19.1. The number of fused-ring (bicyclic) bond motifs is 1. The van der Waals surface area contributed by atoms with Crippen LogP contribution in [0.4, 0.5) is 14.6 Å². The van der Waals surface area contributed by atoms with Crippen molar-refractivity contribution in [2.45, 2.75) is 6.54 Å². The maximum absolute atomic E-state index is 13.7. The summed E-state index contributed by atoms with van der Waals surface area (Å²) in [5.41, 5.74) is 1.52. The first-order valence-electron chi connectivity index (χ1n) is 8.07. The maximum Gasteiger partial charge on any atom is 0.140 e. The minimum atomic E-state index is -0.332. The number of benzene rings is 2. The first-order chi connectivity index (χ1) is 12.0. The number of hydrogen-bond donors (Lipinski definition) is 0. The Morgan fingerprint density at radius 3 is 2.48 bits per heavy atom. The van der Waals surface area contributed by atoms with Crippen LogP contribution in [0.15, 0.2) is 48.8 Å². The Bertz CT molecular complexity index is 867. The molecule has 3 rings (SSSR count). The lowest BCUT2D eigenvalue weighted by Gasteiger charge is -2.26. The van der Waals surface area contributed by atoms with E-state index in [9.17, 15) is 8.78 Å². The Hall–Kier alpha value is -2.60. The minimum Gasteiger partial charge on any atom is -0.350 e. The van der Waals surface area contributed by atoms with Gasteiger partial charge in [0.2, 0.25) is 0 Å². The predicted molar refractivity (Wildman–Crippen MR) is 95.5 cm³/mol. The molecule has 0 atom stereocenters. The first kappa shape index (κ1) is 17.2. The molecule has 25 heavy (non-hydrogen) atoms. The van der Waals surface area contributed by atoms with Gasteiger partial charge in [0.1, 0.15) is 23.8 Å². The normalized spacial score (nSPS) is 11.2. The van der Waals surface area contributed by atoms with Gasteiger partial charge in [0.05, 0.1) is 5.52 Å². The van der Waals surface area contributed by atoms with Gasteiger partial charge in [-0.1, -0.05) is 12.1 Å². The van der Waals surface area contributed by atoms with Gasteiger partial charge in [-0.2, -0.15) is 0 Å². The van der Waals surface area contributed by atoms with Crippen LogP contribution in [0.2, 0.25) is 0 Å². The molecule has 2 aromatic carbocycles. The van der Waals surface area contributed by atoms with Crippen molar-refractivity contribution < 1.29 is 8.78 Å². The molecule has 130 valence electrons. The van der Waals surface area contributed by atoms with E-state index >= 15 is 0 Å². The standard InChI is InChI=1S/C19H20F2N4/c1-24(2)8-9-25(12-14-4-3-5-15(20)10-14)19-17-11-16(21)6-7-18(17)22-13-23-19/h3-7,10-11,13H,8-9,12H2,1-2H3. The third kappa shape index (κ3) is 4.28. The molecular formula is C19H20F2N4. The molecule has 0 spiro atoms. The molecule has 6 heteroatoms. The molecule has 4 nitrogen and oxygen atoms in total. The molecule has 1 heterocycles. The molecule has 0 unspecified atom stereocenters. The van der Waals surface area contributed by atoms with E-state index in [0.717, 1.165) is 12.1 Å². The van der Waals surface area contributed by atoms with Crippen molar-refractivity contribution in [1.29, 1.82) is 0 Å². The average Bonchev–Trinajstić information content (AvgIpc) is 2.58. The van der Waals surface area contributed by atoms with Crippen molar-refractivity contribution in [3.05, 3.63) is 66.0 Å². The predicted octanol–water partition coefficient (Wildman–Crippen LogP) is 3.48. The zero-order valence-corrected chi connectivity index (χ0v) is 14.3. The minimum absolute atomic E-state index is 0.274. The summed E-state index contributed by atoms with van der Waals surface area (Å²) in [4.78, 5) is 12.7. The van der Waals surface area contributed by atoms with E-state index in [1.165, 1.54) is 30.6 Å². The van der Waals surface area contributed by atoms with Crippen LogP contribution >= 0.6 is 0 Å². The lowest BCUT2D eigenvalue weighted by atomic mass is 10.1. The average molecular weight is 342 g/mol. The van der Waals surface area contributed by atoms with Crippen molar-refractivity contribution in [2.75, 3.05) is 32.1 Å². The molecule has 0 saturated heterocycles. The van der Waals surface area contributed by atoms with E-state index in [0.29, 0.717) is 29.8 Å². The smallest absolute Gasteiger partial charge is 0.140 e. The molecule has 1 aromatic heterocycles. The molecule has 0 aliphatic carbocycles. The topological polar surface area (TPSA) is 32.3 Å². The highest BCUT2D eigenvalue weighted by Crippen LogP contribution is 2.25. The van der Waals surface area contributed by atoms with Gasteiger partial charge in [-0.15, -0.1) is 0 Å². The van der Waals surface area contributed by atoms with E-state index in [1.54, 1.807) is 12.1 Å². The lowest BCUT2D eigenvalue weighted by Crippen LogP contribution is -2.32. The summed E-state index contributed by atoms with van der Waals surface area (Å²) in [5, 5.41) is 0.651. The van der Waals surface area contributed by atoms with E-state index in [1.807, 2.05) is 25.1 Å². The summed E-state index contributed by atoms with van der Waals surface area (Å²) >= 11 is 0. The SMILES string of the molecule is CN(C)CCN(Cc1cccc(F)c1)c1ncnc2ccc(F)cc12. The van der Waals surface area contributed by atoms with E-state index in [4.69, 9.17) is 0 Å². The van der Waals surface area contributed by atoms with Gasteiger partial charge in [0, 0.05) is 25.0 Å². The van der Waals surface area contributed by atoms with Crippen molar-refractivity contribution in [3.63, 3.8) is 0 Å². The maximum atomic E-state index is 13.7. The second-order valence-electron chi connectivity index (χ2n) is 6.21. The summed E-state index contributed by atoms with van der Waals surface area (Å²) in [5.74, 6) is 0.0427.